The zero-order valence-electron chi connectivity index (χ0n) is 13.5. The van der Waals surface area contributed by atoms with Crippen LogP contribution in [0.4, 0.5) is 17.6 Å². The third kappa shape index (κ3) is 3.27. The van der Waals surface area contributed by atoms with Crippen LogP contribution in [0.1, 0.15) is 17.1 Å². The lowest BCUT2D eigenvalue weighted by Crippen LogP contribution is -2.08. The van der Waals surface area contributed by atoms with Gasteiger partial charge in [-0.15, -0.1) is 0 Å². The number of aromatic nitrogens is 6. The van der Waals surface area contributed by atoms with Crippen LogP contribution in [0.25, 0.3) is 17.2 Å². The molecule has 0 unspecified atom stereocenters. The summed E-state index contributed by atoms with van der Waals surface area (Å²) in [5.74, 6) is -1.96. The Kier molecular flexibility index (Phi) is 3.94. The summed E-state index contributed by atoms with van der Waals surface area (Å²) in [5, 5.41) is 5.42. The van der Waals surface area contributed by atoms with Crippen molar-refractivity contribution in [1.82, 2.24) is 29.5 Å². The first kappa shape index (κ1) is 17.2. The zero-order valence-corrected chi connectivity index (χ0v) is 13.5. The van der Waals surface area contributed by atoms with E-state index in [2.05, 4.69) is 20.1 Å². The van der Waals surface area contributed by atoms with Gasteiger partial charge in [0.15, 0.2) is 5.65 Å². The molecule has 0 aliphatic heterocycles. The average Bonchev–Trinajstić information content (AvgIpc) is 3.25. The van der Waals surface area contributed by atoms with Crippen LogP contribution in [0.2, 0.25) is 0 Å². The summed E-state index contributed by atoms with van der Waals surface area (Å²) < 4.78 is 53.9. The molecule has 3 heterocycles. The number of hydrogen-bond acceptors (Lipinski definition) is 4. The van der Waals surface area contributed by atoms with E-state index in [-0.39, 0.29) is 23.4 Å². The van der Waals surface area contributed by atoms with E-state index in [0.717, 1.165) is 0 Å². The molecule has 0 atom stereocenters. The first-order valence-electron chi connectivity index (χ1n) is 7.68. The second kappa shape index (κ2) is 6.18. The fourth-order valence-corrected chi connectivity index (χ4v) is 2.61. The number of imidazole rings is 1. The smallest absolute Gasteiger partial charge is 0.303 e. The van der Waals surface area contributed by atoms with E-state index < -0.39 is 17.8 Å². The highest BCUT2D eigenvalue weighted by Gasteiger charge is 2.35. The Bertz CT molecular complexity index is 1130. The number of nitrogens with zero attached hydrogens (tertiary/aromatic N) is 5. The standard InChI is InChI=1S/C16H9BF4N6/c17-9-2-1-8(10(18)6-9)5-11-14-22-3-4-27(14)7-12(23-11)13-24-15(26-25-13)16(19,20)21/h1-4,6-7H,5H2,(H,24,25,26). The van der Waals surface area contributed by atoms with Crippen LogP contribution in [0.3, 0.4) is 0 Å². The summed E-state index contributed by atoms with van der Waals surface area (Å²) in [7, 11) is 5.55. The van der Waals surface area contributed by atoms with Crippen LogP contribution in [0.5, 0.6) is 0 Å². The van der Waals surface area contributed by atoms with Gasteiger partial charge in [0.1, 0.15) is 19.4 Å². The van der Waals surface area contributed by atoms with Gasteiger partial charge >= 0.3 is 6.18 Å². The Morgan fingerprint density at radius 3 is 2.70 bits per heavy atom. The molecule has 134 valence electrons. The van der Waals surface area contributed by atoms with Crippen molar-refractivity contribution in [2.45, 2.75) is 12.6 Å². The number of hydrogen-bond donors (Lipinski definition) is 1. The zero-order chi connectivity index (χ0) is 19.2. The Morgan fingerprint density at radius 2 is 2.00 bits per heavy atom. The second-order valence-corrected chi connectivity index (χ2v) is 5.76. The maximum absolute atomic E-state index is 14.1. The van der Waals surface area contributed by atoms with Crippen LogP contribution in [-0.4, -0.2) is 37.4 Å². The molecule has 0 amide bonds. The normalized spacial score (nSPS) is 12.0. The third-order valence-electron chi connectivity index (χ3n) is 3.86. The highest BCUT2D eigenvalue weighted by molar-refractivity contribution is 6.32. The number of nitrogens with one attached hydrogen (secondary N) is 1. The van der Waals surface area contributed by atoms with Crippen LogP contribution in [0, 0.1) is 5.82 Å². The first-order chi connectivity index (χ1) is 12.8. The minimum Gasteiger partial charge on any atom is -0.303 e. The van der Waals surface area contributed by atoms with Gasteiger partial charge < -0.3 is 4.40 Å². The van der Waals surface area contributed by atoms with E-state index in [1.807, 2.05) is 5.10 Å². The van der Waals surface area contributed by atoms with Crippen LogP contribution >= 0.6 is 0 Å². The summed E-state index contributed by atoms with van der Waals surface area (Å²) in [6.07, 6.45) is -0.0325. The molecular formula is C16H9BF4N6. The van der Waals surface area contributed by atoms with E-state index in [0.29, 0.717) is 16.9 Å². The van der Waals surface area contributed by atoms with Crippen molar-refractivity contribution < 1.29 is 17.6 Å². The minimum absolute atomic E-state index is 0.0665. The van der Waals surface area contributed by atoms with Gasteiger partial charge in [-0.3, -0.25) is 5.10 Å². The number of H-pyrrole nitrogens is 1. The number of benzene rings is 1. The molecule has 3 aromatic heterocycles. The topological polar surface area (TPSA) is 71.8 Å². The monoisotopic (exact) mass is 372 g/mol. The molecule has 2 radical (unpaired) electrons. The van der Waals surface area contributed by atoms with Gasteiger partial charge in [-0.2, -0.15) is 18.3 Å². The Labute approximate surface area is 150 Å². The van der Waals surface area contributed by atoms with Gasteiger partial charge in [-0.05, 0) is 11.6 Å². The fraction of sp³-hybridized carbons (Fsp3) is 0.125. The van der Waals surface area contributed by atoms with Crippen molar-refractivity contribution in [3.63, 3.8) is 0 Å². The van der Waals surface area contributed by atoms with Crippen molar-refractivity contribution in [2.75, 3.05) is 0 Å². The van der Waals surface area contributed by atoms with E-state index in [4.69, 9.17) is 7.85 Å². The van der Waals surface area contributed by atoms with Gasteiger partial charge in [0, 0.05) is 25.0 Å². The minimum atomic E-state index is -4.65. The van der Waals surface area contributed by atoms with Gasteiger partial charge in [-0.25, -0.2) is 19.3 Å². The molecule has 1 N–H and O–H groups in total. The fourth-order valence-electron chi connectivity index (χ4n) is 2.61. The number of aromatic amines is 1. The van der Waals surface area contributed by atoms with E-state index in [9.17, 15) is 17.6 Å². The van der Waals surface area contributed by atoms with Crippen molar-refractivity contribution in [3.8, 4) is 11.5 Å². The first-order valence-corrected chi connectivity index (χ1v) is 7.68. The van der Waals surface area contributed by atoms with E-state index in [1.54, 1.807) is 16.7 Å². The lowest BCUT2D eigenvalue weighted by atomic mass is 9.94. The van der Waals surface area contributed by atoms with Gasteiger partial charge in [-0.1, -0.05) is 17.6 Å². The Hall–Kier alpha value is -3.24. The third-order valence-corrected chi connectivity index (χ3v) is 3.86. The predicted octanol–water partition coefficient (Wildman–Crippen LogP) is 2.06. The summed E-state index contributed by atoms with van der Waals surface area (Å²) >= 11 is 0. The average molecular weight is 372 g/mol. The number of alkyl halides is 3. The quantitative estimate of drug-likeness (QED) is 0.442. The molecule has 11 heteroatoms. The number of rotatable bonds is 3. The van der Waals surface area contributed by atoms with Crippen molar-refractivity contribution in [3.05, 3.63) is 59.7 Å². The van der Waals surface area contributed by atoms with Crippen LogP contribution in [-0.2, 0) is 12.6 Å². The molecule has 0 saturated carbocycles. The molecule has 4 rings (SSSR count). The molecule has 0 bridgehead atoms. The van der Waals surface area contributed by atoms with Crippen molar-refractivity contribution in [1.29, 1.82) is 0 Å². The summed E-state index contributed by atoms with van der Waals surface area (Å²) in [6, 6.07) is 4.26. The lowest BCUT2D eigenvalue weighted by molar-refractivity contribution is -0.144. The van der Waals surface area contributed by atoms with Gasteiger partial charge in [0.2, 0.25) is 11.6 Å². The molecule has 0 fully saturated rings. The Morgan fingerprint density at radius 1 is 1.19 bits per heavy atom. The molecular weight excluding hydrogens is 363 g/mol. The molecule has 0 saturated heterocycles. The van der Waals surface area contributed by atoms with E-state index in [1.165, 1.54) is 24.5 Å². The molecule has 0 aliphatic carbocycles. The van der Waals surface area contributed by atoms with Gasteiger partial charge in [0.25, 0.3) is 0 Å². The predicted molar refractivity (Wildman–Crippen MR) is 88.0 cm³/mol. The largest absolute Gasteiger partial charge is 0.451 e. The highest BCUT2D eigenvalue weighted by Crippen LogP contribution is 2.27. The summed E-state index contributed by atoms with van der Waals surface area (Å²) in [6.45, 7) is 0. The summed E-state index contributed by atoms with van der Waals surface area (Å²) in [5.41, 5.74) is 1.51. The molecule has 1 aromatic carbocycles. The SMILES string of the molecule is [B]c1ccc(Cc2nc(-c3n[nH]c(C(F)(F)F)n3)cn3ccnc23)c(F)c1. The summed E-state index contributed by atoms with van der Waals surface area (Å²) in [4.78, 5) is 11.9. The number of fused-ring (bicyclic) bond motifs is 1. The van der Waals surface area contributed by atoms with Gasteiger partial charge in [0.05, 0.1) is 5.69 Å². The lowest BCUT2D eigenvalue weighted by Gasteiger charge is -2.07. The van der Waals surface area contributed by atoms with Crippen LogP contribution in [0.15, 0.2) is 36.8 Å². The molecule has 27 heavy (non-hydrogen) atoms. The molecule has 0 spiro atoms. The molecule has 6 nitrogen and oxygen atoms in total. The molecule has 0 aliphatic rings. The second-order valence-electron chi connectivity index (χ2n) is 5.76. The van der Waals surface area contributed by atoms with Crippen LogP contribution < -0.4 is 5.46 Å². The Balaban J connectivity index is 1.79. The molecule has 4 aromatic rings. The van der Waals surface area contributed by atoms with Crippen molar-refractivity contribution in [2.24, 2.45) is 0 Å². The maximum Gasteiger partial charge on any atom is 0.451 e. The van der Waals surface area contributed by atoms with Crippen molar-refractivity contribution >= 4 is 19.0 Å². The maximum atomic E-state index is 14.1. The number of halogens is 4. The highest BCUT2D eigenvalue weighted by atomic mass is 19.4. The van der Waals surface area contributed by atoms with E-state index >= 15 is 0 Å².